The molecule has 1 heterocycles. The first-order chi connectivity index (χ1) is 17.8. The Labute approximate surface area is 227 Å². The minimum atomic E-state index is -0.596. The summed E-state index contributed by atoms with van der Waals surface area (Å²) < 4.78 is 5.88. The number of carbonyl (C=O) groups excluding carboxylic acids is 2. The number of likely N-dealkylation sites (tertiary alicyclic amines) is 1. The summed E-state index contributed by atoms with van der Waals surface area (Å²) in [6.07, 6.45) is -0.0771. The highest BCUT2D eigenvalue weighted by atomic mass is 35.5. The van der Waals surface area contributed by atoms with Crippen molar-refractivity contribution in [3.63, 3.8) is 0 Å². The van der Waals surface area contributed by atoms with Crippen LogP contribution >= 0.6 is 23.2 Å². The Balaban J connectivity index is 1.76. The Hall–Kier alpha value is -2.90. The van der Waals surface area contributed by atoms with Crippen LogP contribution in [0.1, 0.15) is 42.1 Å². The van der Waals surface area contributed by atoms with E-state index in [9.17, 15) is 14.7 Å². The third-order valence-corrected chi connectivity index (χ3v) is 7.62. The second-order valence-corrected chi connectivity index (χ2v) is 10.4. The molecule has 194 valence electrons. The van der Waals surface area contributed by atoms with Crippen molar-refractivity contribution in [3.05, 3.63) is 106 Å². The third-order valence-electron chi connectivity index (χ3n) is 6.88. The Bertz CT molecular complexity index is 1230. The monoisotopic (exact) mass is 541 g/mol. The largest absolute Gasteiger partial charge is 0.457 e. The van der Waals surface area contributed by atoms with Crippen molar-refractivity contribution >= 4 is 35.1 Å². The van der Waals surface area contributed by atoms with Crippen molar-refractivity contribution in [1.82, 2.24) is 5.32 Å². The minimum absolute atomic E-state index is 0.0255. The zero-order chi connectivity index (χ0) is 26.4. The molecule has 1 aliphatic rings. The molecule has 0 spiro atoms. The second kappa shape index (κ2) is 12.1. The normalized spacial score (nSPS) is 20.7. The van der Waals surface area contributed by atoms with Gasteiger partial charge in [0.15, 0.2) is 6.54 Å². The minimum Gasteiger partial charge on any atom is -0.457 e. The van der Waals surface area contributed by atoms with E-state index in [0.717, 1.165) is 16.7 Å². The van der Waals surface area contributed by atoms with Gasteiger partial charge < -0.3 is 19.6 Å². The Morgan fingerprint density at radius 2 is 1.68 bits per heavy atom. The number of hydrogen-bond donors (Lipinski definition) is 2. The summed E-state index contributed by atoms with van der Waals surface area (Å²) in [5, 5.41) is 14.6. The van der Waals surface area contributed by atoms with E-state index in [1.165, 1.54) is 6.92 Å². The maximum atomic E-state index is 13.3. The lowest BCUT2D eigenvalue weighted by molar-refractivity contribution is -0.943. The Kier molecular flexibility index (Phi) is 8.87. The number of esters is 1. The zero-order valence-electron chi connectivity index (χ0n) is 20.6. The van der Waals surface area contributed by atoms with Gasteiger partial charge in [-0.3, -0.25) is 4.79 Å². The number of halogens is 2. The molecule has 37 heavy (non-hydrogen) atoms. The molecule has 0 radical (unpaired) electrons. The SMILES string of the molecule is CC(=O)N[C@@H](c1ccccc1)C(c1ccc(Cl)c(Cl)c1)[N+]1(CC(=O)OCc2ccccc2)CC[C@H](O)C1. The maximum Gasteiger partial charge on any atom is 0.362 e. The van der Waals surface area contributed by atoms with Crippen LogP contribution in [0.5, 0.6) is 0 Å². The van der Waals surface area contributed by atoms with E-state index in [0.29, 0.717) is 29.6 Å². The third kappa shape index (κ3) is 6.70. The molecule has 6 nitrogen and oxygen atoms in total. The number of nitrogens with zero attached hydrogens (tertiary/aromatic N) is 1. The predicted octanol–water partition coefficient (Wildman–Crippen LogP) is 5.24. The van der Waals surface area contributed by atoms with E-state index in [1.807, 2.05) is 66.7 Å². The first-order valence-electron chi connectivity index (χ1n) is 12.3. The molecule has 3 aromatic rings. The number of ether oxygens (including phenoxy) is 1. The molecule has 4 rings (SSSR count). The van der Waals surface area contributed by atoms with Crippen molar-refractivity contribution < 1.29 is 23.9 Å². The molecule has 1 amide bonds. The van der Waals surface area contributed by atoms with Gasteiger partial charge >= 0.3 is 5.97 Å². The summed E-state index contributed by atoms with van der Waals surface area (Å²) in [5.74, 6) is -0.582. The summed E-state index contributed by atoms with van der Waals surface area (Å²) in [6.45, 7) is 2.51. The molecular weight excluding hydrogens is 511 g/mol. The molecule has 1 fully saturated rings. The van der Waals surface area contributed by atoms with Crippen LogP contribution in [-0.2, 0) is 20.9 Å². The van der Waals surface area contributed by atoms with Crippen molar-refractivity contribution in [2.24, 2.45) is 0 Å². The van der Waals surface area contributed by atoms with Crippen molar-refractivity contribution in [3.8, 4) is 0 Å². The van der Waals surface area contributed by atoms with Crippen LogP contribution in [0.15, 0.2) is 78.9 Å². The molecule has 4 atom stereocenters. The van der Waals surface area contributed by atoms with E-state index >= 15 is 0 Å². The number of rotatable bonds is 9. The van der Waals surface area contributed by atoms with Crippen molar-refractivity contribution in [2.75, 3.05) is 19.6 Å². The molecule has 2 unspecified atom stereocenters. The van der Waals surface area contributed by atoms with Crippen LogP contribution in [-0.4, -0.2) is 47.2 Å². The number of aliphatic hydroxyl groups excluding tert-OH is 1. The second-order valence-electron chi connectivity index (χ2n) is 9.58. The standard InChI is InChI=1S/C29H30Cl2N2O4/c1-20(34)32-28(22-10-6-3-7-11-22)29(23-12-13-25(30)26(31)16-23)33(15-14-24(35)17-33)18-27(36)37-19-21-8-4-2-5-9-21/h2-13,16,24,28-29,35H,14-15,17-19H2,1H3/p+1/t24-,28-,29?,33?/m0/s1. The fourth-order valence-corrected chi connectivity index (χ4v) is 5.60. The van der Waals surface area contributed by atoms with Crippen LogP contribution in [0.3, 0.4) is 0 Å². The van der Waals surface area contributed by atoms with Crippen LogP contribution in [0.25, 0.3) is 0 Å². The van der Waals surface area contributed by atoms with Crippen LogP contribution in [0, 0.1) is 0 Å². The summed E-state index contributed by atoms with van der Waals surface area (Å²) in [4.78, 5) is 25.7. The lowest BCUT2D eigenvalue weighted by Crippen LogP contribution is -2.56. The average molecular weight is 542 g/mol. The highest BCUT2D eigenvalue weighted by Gasteiger charge is 2.50. The van der Waals surface area contributed by atoms with Gasteiger partial charge in [-0.2, -0.15) is 0 Å². The first-order valence-corrected chi connectivity index (χ1v) is 13.0. The molecule has 8 heteroatoms. The van der Waals surface area contributed by atoms with Gasteiger partial charge in [0, 0.05) is 18.9 Å². The van der Waals surface area contributed by atoms with Crippen LogP contribution in [0.2, 0.25) is 10.0 Å². The molecule has 2 N–H and O–H groups in total. The average Bonchev–Trinajstić information content (AvgIpc) is 3.26. The van der Waals surface area contributed by atoms with Crippen LogP contribution < -0.4 is 5.32 Å². The van der Waals surface area contributed by atoms with Gasteiger partial charge in [-0.1, -0.05) is 89.9 Å². The molecule has 1 saturated heterocycles. The molecule has 3 aromatic carbocycles. The number of amides is 1. The first kappa shape index (κ1) is 27.1. The van der Waals surface area contributed by atoms with Gasteiger partial charge in [-0.05, 0) is 23.3 Å². The summed E-state index contributed by atoms with van der Waals surface area (Å²) >= 11 is 12.7. The van der Waals surface area contributed by atoms with E-state index in [-0.39, 0.29) is 29.5 Å². The number of quaternary nitrogens is 1. The van der Waals surface area contributed by atoms with E-state index in [1.54, 1.807) is 12.1 Å². The van der Waals surface area contributed by atoms with Crippen molar-refractivity contribution in [1.29, 1.82) is 0 Å². The quantitative estimate of drug-likeness (QED) is 0.287. The highest BCUT2D eigenvalue weighted by molar-refractivity contribution is 6.42. The van der Waals surface area contributed by atoms with Gasteiger partial charge in [0.1, 0.15) is 31.3 Å². The lowest BCUT2D eigenvalue weighted by Gasteiger charge is -2.45. The van der Waals surface area contributed by atoms with Crippen LogP contribution in [0.4, 0.5) is 0 Å². The summed E-state index contributed by atoms with van der Waals surface area (Å²) in [5.41, 5.74) is 2.58. The zero-order valence-corrected chi connectivity index (χ0v) is 22.2. The highest BCUT2D eigenvalue weighted by Crippen LogP contribution is 2.44. The molecule has 0 aromatic heterocycles. The number of carbonyl (C=O) groups is 2. The topological polar surface area (TPSA) is 75.6 Å². The molecule has 0 aliphatic carbocycles. The summed E-state index contributed by atoms with van der Waals surface area (Å²) in [7, 11) is 0. The molecular formula is C29H31Cl2N2O4+. The van der Waals surface area contributed by atoms with Gasteiger partial charge in [-0.15, -0.1) is 0 Å². The van der Waals surface area contributed by atoms with E-state index in [2.05, 4.69) is 5.32 Å². The number of aliphatic hydroxyl groups is 1. The Morgan fingerprint density at radius 3 is 2.27 bits per heavy atom. The Morgan fingerprint density at radius 1 is 1.00 bits per heavy atom. The molecule has 0 saturated carbocycles. The number of hydrogen-bond acceptors (Lipinski definition) is 4. The van der Waals surface area contributed by atoms with Gasteiger partial charge in [0.2, 0.25) is 5.91 Å². The number of nitrogens with one attached hydrogen (secondary N) is 1. The van der Waals surface area contributed by atoms with Gasteiger partial charge in [0.05, 0.1) is 16.6 Å². The van der Waals surface area contributed by atoms with E-state index < -0.39 is 18.2 Å². The van der Waals surface area contributed by atoms with Gasteiger partial charge in [-0.25, -0.2) is 4.79 Å². The smallest absolute Gasteiger partial charge is 0.362 e. The van der Waals surface area contributed by atoms with Crippen molar-refractivity contribution in [2.45, 2.75) is 38.1 Å². The lowest BCUT2D eigenvalue weighted by atomic mass is 9.89. The number of benzene rings is 3. The predicted molar refractivity (Wildman–Crippen MR) is 144 cm³/mol. The van der Waals surface area contributed by atoms with E-state index in [4.69, 9.17) is 27.9 Å². The summed E-state index contributed by atoms with van der Waals surface area (Å²) in [6, 6.07) is 23.6. The molecule has 0 bridgehead atoms. The molecule has 1 aliphatic heterocycles. The maximum absolute atomic E-state index is 13.3. The van der Waals surface area contributed by atoms with Gasteiger partial charge in [0.25, 0.3) is 0 Å². The fraction of sp³-hybridized carbons (Fsp3) is 0.310. The fourth-order valence-electron chi connectivity index (χ4n) is 5.29.